The van der Waals surface area contributed by atoms with Crippen molar-refractivity contribution >= 4 is 33.2 Å². The van der Waals surface area contributed by atoms with Crippen LogP contribution in [-0.4, -0.2) is 13.9 Å². The minimum atomic E-state index is -5.95. The average Bonchev–Trinajstić information content (AvgIpc) is 3.63. The third kappa shape index (κ3) is 7.24. The van der Waals surface area contributed by atoms with Gasteiger partial charge in [0.1, 0.15) is 5.75 Å². The molecule has 2 aliphatic rings. The van der Waals surface area contributed by atoms with Gasteiger partial charge in [0.05, 0.1) is 0 Å². The number of hydrogen-bond acceptors (Lipinski definition) is 4. The normalized spacial score (nSPS) is 18.1. The van der Waals surface area contributed by atoms with Crippen LogP contribution in [0.5, 0.6) is 5.75 Å². The molecule has 296 valence electrons. The van der Waals surface area contributed by atoms with Gasteiger partial charge in [-0.05, 0) is 117 Å². The van der Waals surface area contributed by atoms with Crippen molar-refractivity contribution in [3.63, 3.8) is 0 Å². The monoisotopic (exact) mass is 792 g/mol. The van der Waals surface area contributed by atoms with E-state index in [4.69, 9.17) is 4.18 Å². The Hall–Kier alpha value is -3.35. The van der Waals surface area contributed by atoms with E-state index >= 15 is 4.57 Å². The van der Waals surface area contributed by atoms with Crippen LogP contribution in [0.3, 0.4) is 0 Å². The molecule has 0 aliphatic heterocycles. The molecule has 0 saturated carbocycles. The number of hydrogen-bond donors (Lipinski definition) is 0. The van der Waals surface area contributed by atoms with E-state index in [0.29, 0.717) is 47.2 Å². The summed E-state index contributed by atoms with van der Waals surface area (Å²) in [6.45, 7) is 25.9. The second-order valence-corrected chi connectivity index (χ2v) is 24.1. The zero-order valence-electron chi connectivity index (χ0n) is 34.4. The molecule has 4 aromatic carbocycles. The van der Waals surface area contributed by atoms with Crippen LogP contribution in [0.4, 0.5) is 13.2 Å². The fourth-order valence-electron chi connectivity index (χ4n) is 8.36. The molecule has 0 unspecified atom stereocenters. The van der Waals surface area contributed by atoms with Gasteiger partial charge < -0.3 is 8.75 Å². The van der Waals surface area contributed by atoms with Gasteiger partial charge in [-0.25, -0.2) is 0 Å². The molecule has 0 radical (unpaired) electrons. The van der Waals surface area contributed by atoms with Crippen molar-refractivity contribution in [1.29, 1.82) is 0 Å². The molecule has 2 aliphatic carbocycles. The van der Waals surface area contributed by atoms with Crippen LogP contribution in [0.25, 0.3) is 0 Å². The van der Waals surface area contributed by atoms with E-state index in [2.05, 4.69) is 119 Å². The Kier molecular flexibility index (Phi) is 9.83. The summed E-state index contributed by atoms with van der Waals surface area (Å²) in [5.41, 5.74) is -0.426. The van der Waals surface area contributed by atoms with Crippen molar-refractivity contribution < 1.29 is 30.3 Å². The predicted molar refractivity (Wildman–Crippen MR) is 220 cm³/mol. The summed E-state index contributed by atoms with van der Waals surface area (Å²) in [5, 5.41) is 2.04. The maximum atomic E-state index is 17.3. The zero-order chi connectivity index (χ0) is 40.9. The van der Waals surface area contributed by atoms with E-state index in [1.807, 2.05) is 24.3 Å². The third-order valence-corrected chi connectivity index (χ3v) is 15.7. The van der Waals surface area contributed by atoms with Crippen LogP contribution in [0.1, 0.15) is 140 Å². The van der Waals surface area contributed by atoms with Crippen LogP contribution >= 0.6 is 7.14 Å². The molecule has 4 nitrogen and oxygen atoms in total. The quantitative estimate of drug-likeness (QED) is 0.115. The van der Waals surface area contributed by atoms with Crippen LogP contribution < -0.4 is 20.1 Å². The summed E-state index contributed by atoms with van der Waals surface area (Å²) in [5.74, 6) is -0.320. The summed E-state index contributed by atoms with van der Waals surface area (Å²) in [6, 6.07) is 23.5. The first-order valence-corrected chi connectivity index (χ1v) is 22.3. The van der Waals surface area contributed by atoms with E-state index in [1.54, 1.807) is 6.07 Å². The van der Waals surface area contributed by atoms with E-state index in [9.17, 15) is 21.6 Å². The number of benzene rings is 4. The highest BCUT2D eigenvalue weighted by Crippen LogP contribution is 2.58. The van der Waals surface area contributed by atoms with Gasteiger partial charge >= 0.3 is 15.6 Å². The van der Waals surface area contributed by atoms with Gasteiger partial charge in [0, 0.05) is 26.9 Å². The molecule has 0 bridgehead atoms. The van der Waals surface area contributed by atoms with Crippen LogP contribution in [-0.2, 0) is 54.6 Å². The van der Waals surface area contributed by atoms with Crippen molar-refractivity contribution in [1.82, 2.24) is 0 Å². The lowest BCUT2D eigenvalue weighted by Crippen LogP contribution is -2.36. The molecule has 9 heteroatoms. The molecule has 1 atom stereocenters. The van der Waals surface area contributed by atoms with Crippen LogP contribution in [0.15, 0.2) is 72.8 Å². The second kappa shape index (κ2) is 13.1. The summed E-state index contributed by atoms with van der Waals surface area (Å²) in [4.78, 5) is 0. The number of alkyl halides is 3. The zero-order valence-corrected chi connectivity index (χ0v) is 36.1. The second-order valence-electron chi connectivity index (χ2n) is 19.8. The minimum absolute atomic E-state index is 0.273. The first-order chi connectivity index (χ1) is 25.0. The van der Waals surface area contributed by atoms with Crippen LogP contribution in [0, 0.1) is 0 Å². The van der Waals surface area contributed by atoms with Gasteiger partial charge in [-0.3, -0.25) is 0 Å². The summed E-state index contributed by atoms with van der Waals surface area (Å²) >= 11 is 0. The van der Waals surface area contributed by atoms with E-state index in [-0.39, 0.29) is 27.4 Å². The molecule has 6 rings (SSSR count). The van der Waals surface area contributed by atoms with Crippen LogP contribution in [0.2, 0.25) is 0 Å². The highest BCUT2D eigenvalue weighted by atomic mass is 32.2. The molecular formula is C46H56F3O4PS. The number of rotatable bonds is 5. The lowest BCUT2D eigenvalue weighted by atomic mass is 9.76. The number of fused-ring (bicyclic) bond motifs is 4. The molecule has 1 spiro atoms. The Morgan fingerprint density at radius 1 is 0.582 bits per heavy atom. The molecule has 0 amide bonds. The molecule has 0 N–H and O–H groups in total. The van der Waals surface area contributed by atoms with Gasteiger partial charge in [-0.2, -0.15) is 21.6 Å². The molecule has 0 aromatic heterocycles. The first kappa shape index (κ1) is 41.3. The number of aryl methyl sites for hydroxylation is 2. The van der Waals surface area contributed by atoms with Crippen molar-refractivity contribution in [2.45, 2.75) is 141 Å². The fourth-order valence-corrected chi connectivity index (χ4v) is 11.9. The summed E-state index contributed by atoms with van der Waals surface area (Å²) in [6.07, 6.45) is 2.14. The van der Waals surface area contributed by atoms with E-state index < -0.39 is 28.2 Å². The lowest BCUT2D eigenvalue weighted by Gasteiger charge is -2.35. The highest BCUT2D eigenvalue weighted by Gasteiger charge is 2.53. The van der Waals surface area contributed by atoms with Crippen molar-refractivity contribution in [3.05, 3.63) is 117 Å². The SMILES string of the molecule is CC(C)(C)c1cc(C(C)(C)C)cc(P(=O)(c2cc(C(C)(C)C)cc(C(C)(C)C)c2)c2cccc3c2[C@]2(CCc4cccc(OS(=O)(=O)C(F)(F)F)c42)CC3)c1. The smallest absolute Gasteiger partial charge is 0.376 e. The van der Waals surface area contributed by atoms with E-state index in [0.717, 1.165) is 38.9 Å². The largest absolute Gasteiger partial charge is 0.534 e. The van der Waals surface area contributed by atoms with Gasteiger partial charge in [0.2, 0.25) is 0 Å². The van der Waals surface area contributed by atoms with Crippen molar-refractivity contribution in [2.75, 3.05) is 0 Å². The maximum absolute atomic E-state index is 17.3. The minimum Gasteiger partial charge on any atom is -0.376 e. The average molecular weight is 793 g/mol. The Morgan fingerprint density at radius 2 is 0.964 bits per heavy atom. The maximum Gasteiger partial charge on any atom is 0.534 e. The van der Waals surface area contributed by atoms with Gasteiger partial charge in [0.25, 0.3) is 0 Å². The predicted octanol–water partition coefficient (Wildman–Crippen LogP) is 10.9. The Morgan fingerprint density at radius 3 is 1.35 bits per heavy atom. The van der Waals surface area contributed by atoms with Gasteiger partial charge in [-0.15, -0.1) is 0 Å². The topological polar surface area (TPSA) is 60.4 Å². The first-order valence-electron chi connectivity index (χ1n) is 19.2. The Labute approximate surface area is 326 Å². The molecule has 0 saturated heterocycles. The Bertz CT molecular complexity index is 2180. The van der Waals surface area contributed by atoms with Gasteiger partial charge in [-0.1, -0.05) is 126 Å². The molecule has 4 aromatic rings. The summed E-state index contributed by atoms with van der Waals surface area (Å²) in [7, 11) is -9.77. The highest BCUT2D eigenvalue weighted by molar-refractivity contribution is 7.88. The molecular weight excluding hydrogens is 737 g/mol. The molecule has 55 heavy (non-hydrogen) atoms. The van der Waals surface area contributed by atoms with Gasteiger partial charge in [0.15, 0.2) is 7.14 Å². The fraction of sp³-hybridized carbons (Fsp3) is 0.478. The van der Waals surface area contributed by atoms with E-state index in [1.165, 1.54) is 6.07 Å². The summed E-state index contributed by atoms with van der Waals surface area (Å²) < 4.78 is 88.7. The lowest BCUT2D eigenvalue weighted by molar-refractivity contribution is -0.0500. The Balaban J connectivity index is 1.76. The number of halogens is 3. The molecule has 0 fully saturated rings. The standard InChI is InChI=1S/C46H56F3O4PS/c1-41(2,3)31-23-32(42(4,5)6)26-35(25-31)54(50,36-27-33(43(7,8)9)24-34(28-36)44(10,11)12)38-18-14-16-30-20-22-45(40(30)38)21-19-29-15-13-17-37(39(29)45)53-55(51,52)46(47,48)49/h13-18,23-28H,19-22H2,1-12H3/t45-/m1/s1. The third-order valence-electron chi connectivity index (χ3n) is 11.7. The van der Waals surface area contributed by atoms with Crippen molar-refractivity contribution in [3.8, 4) is 5.75 Å². The van der Waals surface area contributed by atoms with Crippen molar-refractivity contribution in [2.24, 2.45) is 0 Å². The molecule has 0 heterocycles.